The van der Waals surface area contributed by atoms with Gasteiger partial charge in [0.1, 0.15) is 11.6 Å². The molecular formula is C26H31F2N3O. The van der Waals surface area contributed by atoms with E-state index in [0.29, 0.717) is 22.3 Å². The van der Waals surface area contributed by atoms with E-state index in [9.17, 15) is 13.6 Å². The Kier molecular flexibility index (Phi) is 5.82. The van der Waals surface area contributed by atoms with Crippen LogP contribution in [-0.4, -0.2) is 21.6 Å². The van der Waals surface area contributed by atoms with Crippen LogP contribution in [0.15, 0.2) is 30.3 Å². The number of carbonyl (C=O) groups excluding carboxylic acids is 1. The third-order valence-corrected chi connectivity index (χ3v) is 6.55. The number of carbonyl (C=O) groups is 1. The Hall–Kier alpha value is -2.76. The Labute approximate surface area is 188 Å². The molecule has 1 aliphatic carbocycles. The van der Waals surface area contributed by atoms with Gasteiger partial charge in [0.25, 0.3) is 5.91 Å². The molecule has 32 heavy (non-hydrogen) atoms. The topological polar surface area (TPSA) is 46.4 Å². The predicted octanol–water partition coefficient (Wildman–Crippen LogP) is 6.41. The molecule has 1 N–H and O–H groups in total. The third-order valence-electron chi connectivity index (χ3n) is 6.55. The molecule has 0 spiro atoms. The highest BCUT2D eigenvalue weighted by Crippen LogP contribution is 2.36. The third kappa shape index (κ3) is 4.03. The van der Waals surface area contributed by atoms with Gasteiger partial charge in [0.05, 0.1) is 28.0 Å². The lowest BCUT2D eigenvalue weighted by Gasteiger charge is -2.35. The van der Waals surface area contributed by atoms with Gasteiger partial charge in [-0.05, 0) is 61.8 Å². The van der Waals surface area contributed by atoms with Crippen molar-refractivity contribution in [3.8, 4) is 11.1 Å². The van der Waals surface area contributed by atoms with Crippen molar-refractivity contribution < 1.29 is 13.6 Å². The number of nitrogens with one attached hydrogen (secondary N) is 1. The molecule has 1 atom stereocenters. The fraction of sp³-hybridized carbons (Fsp3) is 0.462. The number of aromatic nitrogens is 2. The van der Waals surface area contributed by atoms with Gasteiger partial charge in [-0.2, -0.15) is 5.10 Å². The number of aryl methyl sites for hydroxylation is 1. The van der Waals surface area contributed by atoms with Crippen LogP contribution in [0.3, 0.4) is 0 Å². The molecular weight excluding hydrogens is 408 g/mol. The van der Waals surface area contributed by atoms with Crippen LogP contribution in [0, 0.1) is 24.0 Å². The summed E-state index contributed by atoms with van der Waals surface area (Å²) in [5.74, 6) is -1.39. The SMILES string of the molecule is Cc1nn2c(C(C)C)c(C(=O)NC3CCCC(C)(C)C3)ccc2c1-c1c(F)cccc1F. The zero-order valence-electron chi connectivity index (χ0n) is 19.4. The van der Waals surface area contributed by atoms with Gasteiger partial charge in [0.2, 0.25) is 0 Å². The van der Waals surface area contributed by atoms with Crippen molar-refractivity contribution in [1.82, 2.24) is 14.9 Å². The fourth-order valence-electron chi connectivity index (χ4n) is 5.12. The summed E-state index contributed by atoms with van der Waals surface area (Å²) in [6.45, 7) is 10.2. The van der Waals surface area contributed by atoms with Crippen LogP contribution in [0.5, 0.6) is 0 Å². The van der Waals surface area contributed by atoms with Gasteiger partial charge in [-0.1, -0.05) is 40.2 Å². The number of hydrogen-bond donors (Lipinski definition) is 1. The average molecular weight is 440 g/mol. The molecule has 1 amide bonds. The first-order valence-corrected chi connectivity index (χ1v) is 11.4. The number of fused-ring (bicyclic) bond motifs is 1. The normalized spacial score (nSPS) is 18.3. The molecule has 0 saturated heterocycles. The molecule has 2 heterocycles. The van der Waals surface area contributed by atoms with Crippen molar-refractivity contribution in [2.24, 2.45) is 5.41 Å². The molecule has 0 radical (unpaired) electrons. The van der Waals surface area contributed by atoms with Crippen LogP contribution in [-0.2, 0) is 0 Å². The molecule has 1 saturated carbocycles. The smallest absolute Gasteiger partial charge is 0.253 e. The maximum absolute atomic E-state index is 14.6. The number of nitrogens with zero attached hydrogens (tertiary/aromatic N) is 2. The second-order valence-electron chi connectivity index (χ2n) is 10.1. The molecule has 4 nitrogen and oxygen atoms in total. The number of amides is 1. The van der Waals surface area contributed by atoms with Gasteiger partial charge in [-0.25, -0.2) is 13.3 Å². The summed E-state index contributed by atoms with van der Waals surface area (Å²) in [6, 6.07) is 7.49. The summed E-state index contributed by atoms with van der Waals surface area (Å²) in [5, 5.41) is 7.83. The lowest BCUT2D eigenvalue weighted by molar-refractivity contribution is 0.0900. The number of benzene rings is 1. The zero-order valence-corrected chi connectivity index (χ0v) is 19.4. The Morgan fingerprint density at radius 2 is 1.84 bits per heavy atom. The summed E-state index contributed by atoms with van der Waals surface area (Å²) in [7, 11) is 0. The average Bonchev–Trinajstić information content (AvgIpc) is 3.02. The molecule has 3 aromatic rings. The van der Waals surface area contributed by atoms with E-state index in [4.69, 9.17) is 0 Å². The second-order valence-corrected chi connectivity index (χ2v) is 10.1. The van der Waals surface area contributed by atoms with Crippen LogP contribution in [0.25, 0.3) is 16.6 Å². The van der Waals surface area contributed by atoms with Crippen molar-refractivity contribution in [3.05, 3.63) is 58.9 Å². The van der Waals surface area contributed by atoms with Crippen LogP contribution in [0.2, 0.25) is 0 Å². The van der Waals surface area contributed by atoms with Crippen molar-refractivity contribution in [2.75, 3.05) is 0 Å². The molecule has 1 aromatic carbocycles. The first kappa shape index (κ1) is 22.4. The minimum Gasteiger partial charge on any atom is -0.349 e. The van der Waals surface area contributed by atoms with E-state index in [1.165, 1.54) is 24.6 Å². The van der Waals surface area contributed by atoms with E-state index in [0.717, 1.165) is 25.0 Å². The maximum atomic E-state index is 14.6. The van der Waals surface area contributed by atoms with E-state index in [-0.39, 0.29) is 28.8 Å². The largest absolute Gasteiger partial charge is 0.349 e. The highest BCUT2D eigenvalue weighted by molar-refractivity contribution is 5.97. The molecule has 4 rings (SSSR count). The Balaban J connectivity index is 1.79. The lowest BCUT2D eigenvalue weighted by Crippen LogP contribution is -2.41. The Bertz CT molecular complexity index is 1160. The van der Waals surface area contributed by atoms with Crippen LogP contribution >= 0.6 is 0 Å². The van der Waals surface area contributed by atoms with Crippen LogP contribution < -0.4 is 5.32 Å². The van der Waals surface area contributed by atoms with Gasteiger partial charge >= 0.3 is 0 Å². The molecule has 1 fully saturated rings. The monoisotopic (exact) mass is 439 g/mol. The quantitative estimate of drug-likeness (QED) is 0.511. The number of hydrogen-bond acceptors (Lipinski definition) is 2. The molecule has 1 aliphatic rings. The molecule has 0 aliphatic heterocycles. The first-order valence-electron chi connectivity index (χ1n) is 11.4. The van der Waals surface area contributed by atoms with E-state index >= 15 is 0 Å². The molecule has 2 aromatic heterocycles. The van der Waals surface area contributed by atoms with E-state index in [2.05, 4.69) is 24.3 Å². The van der Waals surface area contributed by atoms with Gasteiger partial charge in [-0.15, -0.1) is 0 Å². The minimum absolute atomic E-state index is 0.0140. The van der Waals surface area contributed by atoms with Crippen molar-refractivity contribution in [3.63, 3.8) is 0 Å². The highest BCUT2D eigenvalue weighted by atomic mass is 19.1. The van der Waals surface area contributed by atoms with Gasteiger partial charge in [0.15, 0.2) is 0 Å². The van der Waals surface area contributed by atoms with Crippen molar-refractivity contribution >= 4 is 11.4 Å². The molecule has 170 valence electrons. The predicted molar refractivity (Wildman–Crippen MR) is 123 cm³/mol. The molecule has 1 unspecified atom stereocenters. The summed E-state index contributed by atoms with van der Waals surface area (Å²) in [5.41, 5.74) is 2.95. The van der Waals surface area contributed by atoms with Gasteiger partial charge < -0.3 is 5.32 Å². The fourth-order valence-corrected chi connectivity index (χ4v) is 5.12. The first-order chi connectivity index (χ1) is 15.1. The molecule has 6 heteroatoms. The maximum Gasteiger partial charge on any atom is 0.253 e. The lowest BCUT2D eigenvalue weighted by atomic mass is 9.75. The van der Waals surface area contributed by atoms with Crippen molar-refractivity contribution in [2.45, 2.75) is 72.3 Å². The van der Waals surface area contributed by atoms with Gasteiger partial charge in [-0.3, -0.25) is 4.79 Å². The molecule has 0 bridgehead atoms. The Morgan fingerprint density at radius 1 is 1.16 bits per heavy atom. The number of rotatable bonds is 4. The standard InChI is InChI=1S/C26H31F2N3O/c1-15(2)24-18(25(32)29-17-8-7-13-26(4,5)14-17)11-12-21-22(16(3)30-31(21)24)23-19(27)9-6-10-20(23)28/h6,9-12,15,17H,7-8,13-14H2,1-5H3,(H,29,32). The second kappa shape index (κ2) is 8.30. The van der Waals surface area contributed by atoms with Crippen molar-refractivity contribution in [1.29, 1.82) is 0 Å². The minimum atomic E-state index is -0.629. The summed E-state index contributed by atoms with van der Waals surface area (Å²) < 4.78 is 30.8. The highest BCUT2D eigenvalue weighted by Gasteiger charge is 2.30. The number of pyridine rings is 1. The van der Waals surface area contributed by atoms with E-state index in [1.807, 2.05) is 13.8 Å². The summed E-state index contributed by atoms with van der Waals surface area (Å²) >= 11 is 0. The van der Waals surface area contributed by atoms with Crippen LogP contribution in [0.1, 0.15) is 81.0 Å². The van der Waals surface area contributed by atoms with E-state index < -0.39 is 11.6 Å². The summed E-state index contributed by atoms with van der Waals surface area (Å²) in [6.07, 6.45) is 4.20. The number of halogens is 2. The van der Waals surface area contributed by atoms with E-state index in [1.54, 1.807) is 23.6 Å². The van der Waals surface area contributed by atoms with Gasteiger partial charge in [0, 0.05) is 11.6 Å². The summed E-state index contributed by atoms with van der Waals surface area (Å²) in [4.78, 5) is 13.3. The zero-order chi connectivity index (χ0) is 23.2. The van der Waals surface area contributed by atoms with Crippen LogP contribution in [0.4, 0.5) is 8.78 Å². The Morgan fingerprint density at radius 3 is 2.47 bits per heavy atom.